The van der Waals surface area contributed by atoms with Gasteiger partial charge in [-0.25, -0.2) is 11.4 Å². The van der Waals surface area contributed by atoms with Crippen LogP contribution in [-0.4, -0.2) is 35.4 Å². The summed E-state index contributed by atoms with van der Waals surface area (Å²) in [7, 11) is 0. The number of rotatable bonds is 5. The second-order valence-electron chi connectivity index (χ2n) is 5.94. The number of hydrogen-bond acceptors (Lipinski definition) is 6. The zero-order chi connectivity index (χ0) is 16.6. The molecule has 1 aliphatic heterocycles. The van der Waals surface area contributed by atoms with Gasteiger partial charge in [-0.15, -0.1) is 0 Å². The van der Waals surface area contributed by atoms with Gasteiger partial charge in [0.15, 0.2) is 0 Å². The van der Waals surface area contributed by atoms with Crippen molar-refractivity contribution in [2.24, 2.45) is 0 Å². The number of benzene rings is 1. The van der Waals surface area contributed by atoms with Gasteiger partial charge in [0.1, 0.15) is 6.10 Å². The molecule has 1 N–H and O–H groups in total. The summed E-state index contributed by atoms with van der Waals surface area (Å²) in [6.07, 6.45) is 2.37. The van der Waals surface area contributed by atoms with Crippen molar-refractivity contribution < 1.29 is 14.1 Å². The molecular weight excluding hydrogens is 310 g/mol. The molecule has 1 aliphatic carbocycles. The van der Waals surface area contributed by atoms with E-state index in [2.05, 4.69) is 24.8 Å². The van der Waals surface area contributed by atoms with E-state index in [1.807, 2.05) is 24.3 Å². The van der Waals surface area contributed by atoms with Gasteiger partial charge in [-0.2, -0.15) is 4.98 Å². The van der Waals surface area contributed by atoms with Crippen LogP contribution in [0.5, 0.6) is 0 Å². The maximum absolute atomic E-state index is 12.1. The van der Waals surface area contributed by atoms with Gasteiger partial charge in [-0.1, -0.05) is 0 Å². The second-order valence-corrected chi connectivity index (χ2v) is 5.94. The average molecular weight is 325 g/mol. The molecule has 1 atom stereocenters. The van der Waals surface area contributed by atoms with E-state index in [0.29, 0.717) is 19.0 Å². The standard InChI is InChI=1S/C16H15N5O3/c1-17-16(6-7-16)11-2-4-12(5-3-11)21-9-13(24-15(21)22)8-18-14-19-10-23-20-14/h2-5,10,13H,6-9H2,(H,18,20). The summed E-state index contributed by atoms with van der Waals surface area (Å²) >= 11 is 0. The van der Waals surface area contributed by atoms with Gasteiger partial charge in [0, 0.05) is 24.1 Å². The van der Waals surface area contributed by atoms with Gasteiger partial charge < -0.3 is 19.4 Å². The Hall–Kier alpha value is -3.08. The van der Waals surface area contributed by atoms with Gasteiger partial charge in [0.2, 0.25) is 6.39 Å². The summed E-state index contributed by atoms with van der Waals surface area (Å²) in [5.74, 6) is 0.364. The number of aromatic nitrogens is 2. The Morgan fingerprint density at radius 2 is 2.17 bits per heavy atom. The predicted molar refractivity (Wildman–Crippen MR) is 84.4 cm³/mol. The quantitative estimate of drug-likeness (QED) is 0.850. The van der Waals surface area contributed by atoms with Crippen molar-refractivity contribution in [3.63, 3.8) is 0 Å². The highest BCUT2D eigenvalue weighted by Gasteiger charge is 2.52. The predicted octanol–water partition coefficient (Wildman–Crippen LogP) is 2.42. The van der Waals surface area contributed by atoms with Crippen LogP contribution in [0.3, 0.4) is 0 Å². The van der Waals surface area contributed by atoms with Crippen LogP contribution in [0, 0.1) is 6.57 Å². The first-order valence-electron chi connectivity index (χ1n) is 7.68. The van der Waals surface area contributed by atoms with Crippen LogP contribution in [0.15, 0.2) is 35.2 Å². The maximum Gasteiger partial charge on any atom is 0.414 e. The molecule has 8 nitrogen and oxygen atoms in total. The number of hydrogen-bond donors (Lipinski definition) is 1. The van der Waals surface area contributed by atoms with E-state index in [0.717, 1.165) is 24.1 Å². The lowest BCUT2D eigenvalue weighted by Gasteiger charge is -2.14. The van der Waals surface area contributed by atoms with Crippen LogP contribution in [-0.2, 0) is 10.3 Å². The summed E-state index contributed by atoms with van der Waals surface area (Å²) in [4.78, 5) is 21.2. The Labute approximate surface area is 138 Å². The zero-order valence-electron chi connectivity index (χ0n) is 12.8. The van der Waals surface area contributed by atoms with Crippen molar-refractivity contribution >= 4 is 17.7 Å². The van der Waals surface area contributed by atoms with Crippen LogP contribution in [0.2, 0.25) is 0 Å². The molecule has 2 fully saturated rings. The lowest BCUT2D eigenvalue weighted by molar-refractivity contribution is 0.147. The number of carbonyl (C=O) groups is 1. The first-order chi connectivity index (χ1) is 11.7. The van der Waals surface area contributed by atoms with Crippen molar-refractivity contribution in [1.29, 1.82) is 0 Å². The summed E-state index contributed by atoms with van der Waals surface area (Å²) in [5.41, 5.74) is 1.46. The molecule has 8 heteroatoms. The molecule has 1 aromatic carbocycles. The summed E-state index contributed by atoms with van der Waals surface area (Å²) in [6.45, 7) is 8.15. The van der Waals surface area contributed by atoms with E-state index in [-0.39, 0.29) is 17.7 Å². The Morgan fingerprint density at radius 3 is 2.79 bits per heavy atom. The molecule has 1 saturated carbocycles. The molecule has 122 valence electrons. The molecule has 24 heavy (non-hydrogen) atoms. The molecule has 2 aromatic rings. The third kappa shape index (κ3) is 2.54. The van der Waals surface area contributed by atoms with Gasteiger partial charge in [-0.05, 0) is 29.4 Å². The molecule has 2 aliphatic rings. The average Bonchev–Trinajstić information content (AvgIpc) is 3.06. The Bertz CT molecular complexity index is 777. The third-order valence-corrected chi connectivity index (χ3v) is 4.38. The SMILES string of the molecule is [C-]#[N+]C1(c2ccc(N3CC(CNc4ncon4)OC3=O)cc2)CC1. The van der Waals surface area contributed by atoms with Crippen molar-refractivity contribution in [3.8, 4) is 0 Å². The summed E-state index contributed by atoms with van der Waals surface area (Å²) in [5, 5.41) is 6.60. The molecule has 1 saturated heterocycles. The smallest absolute Gasteiger partial charge is 0.414 e. The first-order valence-corrected chi connectivity index (χ1v) is 7.68. The van der Waals surface area contributed by atoms with E-state index in [1.165, 1.54) is 6.39 Å². The van der Waals surface area contributed by atoms with E-state index >= 15 is 0 Å². The summed E-state index contributed by atoms with van der Waals surface area (Å²) in [6, 6.07) is 7.60. The fraction of sp³-hybridized carbons (Fsp3) is 0.375. The van der Waals surface area contributed by atoms with Crippen LogP contribution in [0.1, 0.15) is 18.4 Å². The number of anilines is 2. The minimum atomic E-state index is -0.381. The third-order valence-electron chi connectivity index (χ3n) is 4.38. The van der Waals surface area contributed by atoms with E-state index in [1.54, 1.807) is 4.90 Å². The zero-order valence-corrected chi connectivity index (χ0v) is 12.8. The lowest BCUT2D eigenvalue weighted by atomic mass is 10.1. The molecule has 1 amide bonds. The largest absolute Gasteiger partial charge is 0.442 e. The number of amides is 1. The van der Waals surface area contributed by atoms with Crippen LogP contribution in [0.4, 0.5) is 16.4 Å². The number of carbonyl (C=O) groups excluding carboxylic acids is 1. The van der Waals surface area contributed by atoms with Gasteiger partial charge in [0.05, 0.1) is 13.1 Å². The highest BCUT2D eigenvalue weighted by atomic mass is 16.6. The van der Waals surface area contributed by atoms with E-state index in [4.69, 9.17) is 11.3 Å². The fourth-order valence-electron chi connectivity index (χ4n) is 2.83. The fourth-order valence-corrected chi connectivity index (χ4v) is 2.83. The summed E-state index contributed by atoms with van der Waals surface area (Å²) < 4.78 is 9.98. The number of cyclic esters (lactones) is 1. The van der Waals surface area contributed by atoms with Crippen molar-refractivity contribution in [2.45, 2.75) is 24.5 Å². The molecule has 0 bridgehead atoms. The minimum Gasteiger partial charge on any atom is -0.442 e. The number of nitrogens with zero attached hydrogens (tertiary/aromatic N) is 4. The molecule has 1 aromatic heterocycles. The molecule has 0 radical (unpaired) electrons. The van der Waals surface area contributed by atoms with Crippen LogP contribution < -0.4 is 10.2 Å². The minimum absolute atomic E-state index is 0.298. The monoisotopic (exact) mass is 325 g/mol. The molecular formula is C16H15N5O3. The highest BCUT2D eigenvalue weighted by Crippen LogP contribution is 2.49. The Kier molecular flexibility index (Phi) is 3.34. The lowest BCUT2D eigenvalue weighted by Crippen LogP contribution is -2.27. The number of nitrogens with one attached hydrogen (secondary N) is 1. The van der Waals surface area contributed by atoms with Crippen molar-refractivity contribution in [3.05, 3.63) is 47.6 Å². The second kappa shape index (κ2) is 5.53. The Morgan fingerprint density at radius 1 is 1.38 bits per heavy atom. The van der Waals surface area contributed by atoms with E-state index in [9.17, 15) is 4.79 Å². The normalized spacial score (nSPS) is 21.2. The molecule has 4 rings (SSSR count). The maximum atomic E-state index is 12.1. The molecule has 0 spiro atoms. The Balaban J connectivity index is 1.41. The van der Waals surface area contributed by atoms with Crippen LogP contribution in [0.25, 0.3) is 4.85 Å². The van der Waals surface area contributed by atoms with Gasteiger partial charge in [0.25, 0.3) is 11.5 Å². The topological polar surface area (TPSA) is 84.8 Å². The molecule has 1 unspecified atom stereocenters. The van der Waals surface area contributed by atoms with Gasteiger partial charge >= 0.3 is 6.09 Å². The van der Waals surface area contributed by atoms with Crippen molar-refractivity contribution in [2.75, 3.05) is 23.3 Å². The highest BCUT2D eigenvalue weighted by molar-refractivity contribution is 5.89. The van der Waals surface area contributed by atoms with Crippen molar-refractivity contribution in [1.82, 2.24) is 10.1 Å². The first kappa shape index (κ1) is 14.5. The van der Waals surface area contributed by atoms with Crippen LogP contribution >= 0.6 is 0 Å². The van der Waals surface area contributed by atoms with E-state index < -0.39 is 0 Å². The number of ether oxygens (including phenoxy) is 1. The van der Waals surface area contributed by atoms with Gasteiger partial charge in [-0.3, -0.25) is 4.90 Å². The molecule has 2 heterocycles.